The Hall–Kier alpha value is -0.560. The lowest BCUT2D eigenvalue weighted by Gasteiger charge is -2.36. The van der Waals surface area contributed by atoms with Gasteiger partial charge >= 0.3 is 0 Å². The molecule has 2 amide bonds. The lowest BCUT2D eigenvalue weighted by Crippen LogP contribution is -2.55. The Morgan fingerprint density at radius 1 is 0.933 bits per heavy atom. The molecule has 4 rings (SSSR count). The lowest BCUT2D eigenvalue weighted by atomic mass is 9.85. The van der Waals surface area contributed by atoms with Crippen molar-refractivity contribution in [1.29, 1.82) is 0 Å². The van der Waals surface area contributed by atoms with Gasteiger partial charge in [-0.05, 0) is 43.9 Å². The standard InChI is InChI=1S/C22H38N4O2.2ClH/c1-16-5-4-7-18(13-16)23-21(27)15-25-9-11-26(12-10-25)22(28)20-14-17-6-2-3-8-19(17)24-20;;/h16-20,24H,2-15H2,1H3,(H,23,27);2*1H. The zero-order valence-electron chi connectivity index (χ0n) is 18.3. The van der Waals surface area contributed by atoms with E-state index in [4.69, 9.17) is 0 Å². The first-order valence-electron chi connectivity index (χ1n) is 11.6. The third-order valence-corrected chi connectivity index (χ3v) is 7.51. The van der Waals surface area contributed by atoms with Crippen molar-refractivity contribution in [1.82, 2.24) is 20.4 Å². The van der Waals surface area contributed by atoms with E-state index in [1.54, 1.807) is 0 Å². The van der Waals surface area contributed by atoms with E-state index in [2.05, 4.69) is 22.5 Å². The summed E-state index contributed by atoms with van der Waals surface area (Å²) in [5, 5.41) is 6.85. The van der Waals surface area contributed by atoms with E-state index < -0.39 is 0 Å². The SMILES string of the molecule is CC1CCCC(NC(=O)CN2CCN(C(=O)C3CC4CCCCC4N3)CC2)C1.Cl.Cl. The first kappa shape index (κ1) is 25.7. The number of rotatable bonds is 4. The summed E-state index contributed by atoms with van der Waals surface area (Å²) in [6.07, 6.45) is 10.9. The van der Waals surface area contributed by atoms with Crippen LogP contribution in [0.1, 0.15) is 64.7 Å². The van der Waals surface area contributed by atoms with E-state index in [1.807, 2.05) is 4.90 Å². The number of hydrogen-bond donors (Lipinski definition) is 2. The van der Waals surface area contributed by atoms with E-state index in [-0.39, 0.29) is 42.7 Å². The smallest absolute Gasteiger partial charge is 0.239 e. The van der Waals surface area contributed by atoms with Gasteiger partial charge < -0.3 is 15.5 Å². The largest absolute Gasteiger partial charge is 0.352 e. The van der Waals surface area contributed by atoms with E-state index in [1.165, 1.54) is 38.5 Å². The molecule has 174 valence electrons. The van der Waals surface area contributed by atoms with Crippen molar-refractivity contribution in [3.05, 3.63) is 0 Å². The Morgan fingerprint density at radius 3 is 2.37 bits per heavy atom. The van der Waals surface area contributed by atoms with Crippen molar-refractivity contribution in [2.75, 3.05) is 32.7 Å². The Balaban J connectivity index is 0.00000160. The van der Waals surface area contributed by atoms with Crippen LogP contribution in [-0.4, -0.2) is 72.5 Å². The van der Waals surface area contributed by atoms with Crippen molar-refractivity contribution >= 4 is 36.6 Å². The van der Waals surface area contributed by atoms with E-state index in [0.29, 0.717) is 24.5 Å². The van der Waals surface area contributed by atoms with E-state index >= 15 is 0 Å². The van der Waals surface area contributed by atoms with Gasteiger partial charge in [0.2, 0.25) is 11.8 Å². The first-order chi connectivity index (χ1) is 13.6. The molecule has 2 saturated heterocycles. The van der Waals surface area contributed by atoms with Crippen molar-refractivity contribution in [3.8, 4) is 0 Å². The average molecular weight is 463 g/mol. The summed E-state index contributed by atoms with van der Waals surface area (Å²) >= 11 is 0. The number of halogens is 2. The molecule has 2 aliphatic heterocycles. The van der Waals surface area contributed by atoms with E-state index in [0.717, 1.165) is 51.4 Å². The number of fused-ring (bicyclic) bond motifs is 1. The summed E-state index contributed by atoms with van der Waals surface area (Å²) in [7, 11) is 0. The fourth-order valence-corrected chi connectivity index (χ4v) is 5.90. The van der Waals surface area contributed by atoms with Crippen LogP contribution in [0.25, 0.3) is 0 Å². The fourth-order valence-electron chi connectivity index (χ4n) is 5.90. The molecule has 30 heavy (non-hydrogen) atoms. The monoisotopic (exact) mass is 462 g/mol. The molecule has 2 saturated carbocycles. The summed E-state index contributed by atoms with van der Waals surface area (Å²) in [6, 6.07) is 0.947. The molecule has 2 heterocycles. The highest BCUT2D eigenvalue weighted by molar-refractivity contribution is 5.85. The van der Waals surface area contributed by atoms with Crippen molar-refractivity contribution in [2.24, 2.45) is 11.8 Å². The van der Waals surface area contributed by atoms with Crippen molar-refractivity contribution < 1.29 is 9.59 Å². The maximum Gasteiger partial charge on any atom is 0.239 e. The van der Waals surface area contributed by atoms with Crippen LogP contribution in [0.15, 0.2) is 0 Å². The first-order valence-corrected chi connectivity index (χ1v) is 11.6. The maximum atomic E-state index is 12.9. The molecule has 8 heteroatoms. The third kappa shape index (κ3) is 6.47. The Labute approximate surface area is 194 Å². The molecular weight excluding hydrogens is 423 g/mol. The highest BCUT2D eigenvalue weighted by atomic mass is 35.5. The molecule has 2 aliphatic carbocycles. The second kappa shape index (κ2) is 11.9. The number of nitrogens with zero attached hydrogens (tertiary/aromatic N) is 2. The fraction of sp³-hybridized carbons (Fsp3) is 0.909. The molecular formula is C22H40Cl2N4O2. The number of carbonyl (C=O) groups is 2. The molecule has 4 fully saturated rings. The summed E-state index contributed by atoms with van der Waals surface area (Å²) < 4.78 is 0. The van der Waals surface area contributed by atoms with Gasteiger partial charge in [0.15, 0.2) is 0 Å². The summed E-state index contributed by atoms with van der Waals surface area (Å²) in [5.74, 6) is 1.87. The molecule has 5 atom stereocenters. The number of nitrogens with one attached hydrogen (secondary N) is 2. The number of hydrogen-bond acceptors (Lipinski definition) is 4. The van der Waals surface area contributed by atoms with Crippen LogP contribution in [-0.2, 0) is 9.59 Å². The van der Waals surface area contributed by atoms with Crippen LogP contribution >= 0.6 is 24.8 Å². The normalized spacial score (nSPS) is 34.3. The van der Waals surface area contributed by atoms with Gasteiger partial charge in [-0.15, -0.1) is 24.8 Å². The van der Waals surface area contributed by atoms with Crippen LogP contribution < -0.4 is 10.6 Å². The quantitative estimate of drug-likeness (QED) is 0.673. The molecule has 6 nitrogen and oxygen atoms in total. The minimum atomic E-state index is 0. The molecule has 5 unspecified atom stereocenters. The van der Waals surface area contributed by atoms with Gasteiger partial charge in [0.05, 0.1) is 12.6 Å². The zero-order valence-corrected chi connectivity index (χ0v) is 19.9. The predicted octanol–water partition coefficient (Wildman–Crippen LogP) is 2.59. The minimum absolute atomic E-state index is 0. The van der Waals surface area contributed by atoms with Crippen LogP contribution in [0, 0.1) is 11.8 Å². The predicted molar refractivity (Wildman–Crippen MR) is 124 cm³/mol. The van der Waals surface area contributed by atoms with Gasteiger partial charge in [-0.25, -0.2) is 0 Å². The van der Waals surface area contributed by atoms with Crippen LogP contribution in [0.5, 0.6) is 0 Å². The van der Waals surface area contributed by atoms with E-state index in [9.17, 15) is 9.59 Å². The minimum Gasteiger partial charge on any atom is -0.352 e. The summed E-state index contributed by atoms with van der Waals surface area (Å²) in [4.78, 5) is 29.6. The lowest BCUT2D eigenvalue weighted by molar-refractivity contribution is -0.135. The van der Waals surface area contributed by atoms with Gasteiger partial charge in [-0.3, -0.25) is 14.5 Å². The molecule has 0 spiro atoms. The van der Waals surface area contributed by atoms with Gasteiger partial charge in [-0.1, -0.05) is 32.6 Å². The topological polar surface area (TPSA) is 64.7 Å². The molecule has 4 aliphatic rings. The zero-order chi connectivity index (χ0) is 19.5. The molecule has 0 aromatic rings. The van der Waals surface area contributed by atoms with Gasteiger partial charge in [0.25, 0.3) is 0 Å². The van der Waals surface area contributed by atoms with Gasteiger partial charge in [-0.2, -0.15) is 0 Å². The second-order valence-corrected chi connectivity index (χ2v) is 9.74. The Morgan fingerprint density at radius 2 is 1.67 bits per heavy atom. The Kier molecular flexibility index (Phi) is 10.2. The summed E-state index contributed by atoms with van der Waals surface area (Å²) in [5.41, 5.74) is 0. The van der Waals surface area contributed by atoms with Crippen LogP contribution in [0.2, 0.25) is 0 Å². The molecule has 2 N–H and O–H groups in total. The number of piperazine rings is 1. The maximum absolute atomic E-state index is 12.9. The second-order valence-electron chi connectivity index (χ2n) is 9.74. The van der Waals surface area contributed by atoms with Gasteiger partial charge in [0.1, 0.15) is 0 Å². The van der Waals surface area contributed by atoms with Gasteiger partial charge in [0, 0.05) is 38.3 Å². The molecule has 0 radical (unpaired) electrons. The van der Waals surface area contributed by atoms with Crippen LogP contribution in [0.3, 0.4) is 0 Å². The van der Waals surface area contributed by atoms with Crippen molar-refractivity contribution in [3.63, 3.8) is 0 Å². The molecule has 0 aromatic carbocycles. The Bertz CT molecular complexity index is 557. The number of carbonyl (C=O) groups excluding carboxylic acids is 2. The molecule has 0 bridgehead atoms. The third-order valence-electron chi connectivity index (χ3n) is 7.51. The average Bonchev–Trinajstić information content (AvgIpc) is 3.12. The van der Waals surface area contributed by atoms with Crippen LogP contribution in [0.4, 0.5) is 0 Å². The highest BCUT2D eigenvalue weighted by Gasteiger charge is 2.40. The molecule has 0 aromatic heterocycles. The highest BCUT2D eigenvalue weighted by Crippen LogP contribution is 2.33. The summed E-state index contributed by atoms with van der Waals surface area (Å²) in [6.45, 7) is 5.86. The van der Waals surface area contributed by atoms with Crippen molar-refractivity contribution in [2.45, 2.75) is 82.8 Å². The number of amides is 2.